The maximum atomic E-state index is 12.2. The molecule has 1 heterocycles. The molecule has 1 aromatic heterocycles. The molecule has 1 amide bonds. The molecule has 0 aliphatic heterocycles. The van der Waals surface area contributed by atoms with E-state index in [-0.39, 0.29) is 12.3 Å². The third-order valence-electron chi connectivity index (χ3n) is 3.68. The van der Waals surface area contributed by atoms with Crippen molar-refractivity contribution in [2.75, 3.05) is 12.4 Å². The molecule has 0 radical (unpaired) electrons. The number of carbonyl (C=O) groups is 1. The number of nitrogens with one attached hydrogen (secondary N) is 1. The van der Waals surface area contributed by atoms with E-state index in [1.807, 2.05) is 36.6 Å². The lowest BCUT2D eigenvalue weighted by Gasteiger charge is -2.09. The molecule has 1 N–H and O–H groups in total. The zero-order chi connectivity index (χ0) is 17.8. The first kappa shape index (κ1) is 17.5. The molecule has 4 nitrogen and oxygen atoms in total. The molecule has 0 saturated carbocycles. The predicted molar refractivity (Wildman–Crippen MR) is 103 cm³/mol. The van der Waals surface area contributed by atoms with Crippen LogP contribution in [-0.2, 0) is 11.2 Å². The van der Waals surface area contributed by atoms with E-state index in [4.69, 9.17) is 16.3 Å². The molecule has 0 fully saturated rings. The Kier molecular flexibility index (Phi) is 5.36. The first-order chi connectivity index (χ1) is 12.0. The number of aromatic nitrogens is 1. The molecule has 0 saturated heterocycles. The van der Waals surface area contributed by atoms with Crippen LogP contribution in [0, 0.1) is 6.92 Å². The van der Waals surface area contributed by atoms with Crippen molar-refractivity contribution in [2.45, 2.75) is 13.3 Å². The van der Waals surface area contributed by atoms with Gasteiger partial charge in [0.25, 0.3) is 0 Å². The summed E-state index contributed by atoms with van der Waals surface area (Å²) >= 11 is 7.77. The van der Waals surface area contributed by atoms with Gasteiger partial charge in [-0.1, -0.05) is 35.9 Å². The van der Waals surface area contributed by atoms with Crippen molar-refractivity contribution in [1.82, 2.24) is 4.98 Å². The molecule has 0 spiro atoms. The Morgan fingerprint density at radius 1 is 1.24 bits per heavy atom. The van der Waals surface area contributed by atoms with Gasteiger partial charge in [-0.25, -0.2) is 4.98 Å². The van der Waals surface area contributed by atoms with Crippen molar-refractivity contribution < 1.29 is 9.53 Å². The highest BCUT2D eigenvalue weighted by Gasteiger charge is 2.09. The van der Waals surface area contributed by atoms with Crippen molar-refractivity contribution in [1.29, 1.82) is 0 Å². The van der Waals surface area contributed by atoms with Gasteiger partial charge in [0.05, 0.1) is 34.9 Å². The molecule has 6 heteroatoms. The number of nitrogens with zero attached hydrogens (tertiary/aromatic N) is 1. The highest BCUT2D eigenvalue weighted by molar-refractivity contribution is 7.09. The fourth-order valence-corrected chi connectivity index (χ4v) is 3.23. The smallest absolute Gasteiger partial charge is 0.228 e. The number of thiazole rings is 1. The van der Waals surface area contributed by atoms with Crippen LogP contribution in [0.4, 0.5) is 5.69 Å². The SMILES string of the molecule is COc1ccc(NC(=O)Cc2ccc(-c3csc(C)n3)cc2)c(Cl)c1. The van der Waals surface area contributed by atoms with E-state index in [0.29, 0.717) is 16.5 Å². The summed E-state index contributed by atoms with van der Waals surface area (Å²) in [6.07, 6.45) is 0.277. The minimum absolute atomic E-state index is 0.121. The molecule has 0 aliphatic carbocycles. The van der Waals surface area contributed by atoms with E-state index >= 15 is 0 Å². The van der Waals surface area contributed by atoms with Crippen LogP contribution in [0.1, 0.15) is 10.6 Å². The lowest BCUT2D eigenvalue weighted by atomic mass is 10.1. The van der Waals surface area contributed by atoms with E-state index in [2.05, 4.69) is 10.3 Å². The Hall–Kier alpha value is -2.37. The first-order valence-electron chi connectivity index (χ1n) is 7.70. The van der Waals surface area contributed by atoms with Crippen LogP contribution < -0.4 is 10.1 Å². The van der Waals surface area contributed by atoms with Gasteiger partial charge in [0, 0.05) is 17.0 Å². The number of hydrogen-bond donors (Lipinski definition) is 1. The Labute approximate surface area is 155 Å². The number of benzene rings is 2. The van der Waals surface area contributed by atoms with E-state index in [1.165, 1.54) is 0 Å². The number of hydrogen-bond acceptors (Lipinski definition) is 4. The van der Waals surface area contributed by atoms with E-state index in [0.717, 1.165) is 21.8 Å². The van der Waals surface area contributed by atoms with Crippen LogP contribution >= 0.6 is 22.9 Å². The summed E-state index contributed by atoms with van der Waals surface area (Å²) in [5.41, 5.74) is 3.51. The molecule has 0 aliphatic rings. The number of halogens is 1. The number of ether oxygens (including phenoxy) is 1. The minimum Gasteiger partial charge on any atom is -0.497 e. The van der Waals surface area contributed by atoms with Gasteiger partial charge in [-0.3, -0.25) is 4.79 Å². The molecule has 0 bridgehead atoms. The van der Waals surface area contributed by atoms with E-state index < -0.39 is 0 Å². The largest absolute Gasteiger partial charge is 0.497 e. The van der Waals surface area contributed by atoms with Crippen molar-refractivity contribution in [3.05, 3.63) is 63.4 Å². The van der Waals surface area contributed by atoms with Crippen molar-refractivity contribution in [3.63, 3.8) is 0 Å². The number of amides is 1. The number of carbonyl (C=O) groups excluding carboxylic acids is 1. The number of anilines is 1. The van der Waals surface area contributed by atoms with Gasteiger partial charge in [0.15, 0.2) is 0 Å². The second-order valence-corrected chi connectivity index (χ2v) is 6.99. The fourth-order valence-electron chi connectivity index (χ4n) is 2.39. The number of rotatable bonds is 5. The lowest BCUT2D eigenvalue weighted by Crippen LogP contribution is -2.14. The van der Waals surface area contributed by atoms with Crippen LogP contribution in [0.25, 0.3) is 11.3 Å². The van der Waals surface area contributed by atoms with Crippen LogP contribution in [-0.4, -0.2) is 18.0 Å². The van der Waals surface area contributed by atoms with Crippen LogP contribution in [0.5, 0.6) is 5.75 Å². The summed E-state index contributed by atoms with van der Waals surface area (Å²) in [7, 11) is 1.57. The summed E-state index contributed by atoms with van der Waals surface area (Å²) < 4.78 is 5.10. The third-order valence-corrected chi connectivity index (χ3v) is 4.77. The summed E-state index contributed by atoms with van der Waals surface area (Å²) in [6, 6.07) is 13.0. The molecule has 0 atom stereocenters. The van der Waals surface area contributed by atoms with Gasteiger partial charge in [-0.2, -0.15) is 0 Å². The Balaban J connectivity index is 1.65. The molecule has 3 aromatic rings. The van der Waals surface area contributed by atoms with Gasteiger partial charge in [0.1, 0.15) is 5.75 Å². The molecule has 3 rings (SSSR count). The highest BCUT2D eigenvalue weighted by atomic mass is 35.5. The minimum atomic E-state index is -0.121. The summed E-state index contributed by atoms with van der Waals surface area (Å²) in [4.78, 5) is 16.7. The van der Waals surface area contributed by atoms with Gasteiger partial charge >= 0.3 is 0 Å². The van der Waals surface area contributed by atoms with E-state index in [9.17, 15) is 4.79 Å². The number of methoxy groups -OCH3 is 1. The maximum absolute atomic E-state index is 12.2. The second-order valence-electron chi connectivity index (χ2n) is 5.52. The Bertz CT molecular complexity index is 891. The monoisotopic (exact) mass is 372 g/mol. The quantitative estimate of drug-likeness (QED) is 0.688. The number of aryl methyl sites for hydroxylation is 1. The molecule has 0 unspecified atom stereocenters. The topological polar surface area (TPSA) is 51.2 Å². The van der Waals surface area contributed by atoms with Crippen LogP contribution in [0.15, 0.2) is 47.8 Å². The summed E-state index contributed by atoms with van der Waals surface area (Å²) in [5.74, 6) is 0.528. The molecular weight excluding hydrogens is 356 g/mol. The molecular formula is C19H17ClN2O2S. The van der Waals surface area contributed by atoms with Crippen molar-refractivity contribution in [2.24, 2.45) is 0 Å². The van der Waals surface area contributed by atoms with Crippen LogP contribution in [0.3, 0.4) is 0 Å². The molecule has 128 valence electrons. The fraction of sp³-hybridized carbons (Fsp3) is 0.158. The lowest BCUT2D eigenvalue weighted by molar-refractivity contribution is -0.115. The van der Waals surface area contributed by atoms with E-state index in [1.54, 1.807) is 36.6 Å². The Morgan fingerprint density at radius 2 is 2.00 bits per heavy atom. The Morgan fingerprint density at radius 3 is 2.60 bits per heavy atom. The standard InChI is InChI=1S/C19H17ClN2O2S/c1-12-21-18(11-25-12)14-5-3-13(4-6-14)9-19(23)22-17-8-7-15(24-2)10-16(17)20/h3-8,10-11H,9H2,1-2H3,(H,22,23). The van der Waals surface area contributed by atoms with Gasteiger partial charge in [0.2, 0.25) is 5.91 Å². The highest BCUT2D eigenvalue weighted by Crippen LogP contribution is 2.27. The van der Waals surface area contributed by atoms with Crippen molar-refractivity contribution >= 4 is 34.5 Å². The summed E-state index contributed by atoms with van der Waals surface area (Å²) in [6.45, 7) is 1.98. The molecule has 25 heavy (non-hydrogen) atoms. The average molecular weight is 373 g/mol. The normalized spacial score (nSPS) is 10.5. The van der Waals surface area contributed by atoms with Crippen molar-refractivity contribution in [3.8, 4) is 17.0 Å². The predicted octanol–water partition coefficient (Wildman–Crippen LogP) is 4.96. The van der Waals surface area contributed by atoms with Gasteiger partial charge in [-0.05, 0) is 24.6 Å². The van der Waals surface area contributed by atoms with Gasteiger partial charge in [-0.15, -0.1) is 11.3 Å². The van der Waals surface area contributed by atoms with Gasteiger partial charge < -0.3 is 10.1 Å². The van der Waals surface area contributed by atoms with Crippen LogP contribution in [0.2, 0.25) is 5.02 Å². The first-order valence-corrected chi connectivity index (χ1v) is 8.96. The molecule has 2 aromatic carbocycles. The third kappa shape index (κ3) is 4.38. The zero-order valence-corrected chi connectivity index (χ0v) is 15.4. The zero-order valence-electron chi connectivity index (χ0n) is 13.9. The summed E-state index contributed by atoms with van der Waals surface area (Å²) in [5, 5.41) is 6.34. The second kappa shape index (κ2) is 7.68. The average Bonchev–Trinajstić information content (AvgIpc) is 3.04. The maximum Gasteiger partial charge on any atom is 0.228 e.